The molecule has 2 rings (SSSR count). The first-order valence-corrected chi connectivity index (χ1v) is 7.63. The molecule has 2 N–H and O–H groups in total. The number of nitrogens with zero attached hydrogens (tertiary/aromatic N) is 4. The van der Waals surface area contributed by atoms with Crippen molar-refractivity contribution >= 4 is 21.6 Å². The monoisotopic (exact) mass is 315 g/mol. The molecule has 9 heteroatoms. The number of sulfonamides is 1. The third-order valence-electron chi connectivity index (χ3n) is 2.57. The van der Waals surface area contributed by atoms with Gasteiger partial charge in [-0.05, 0) is 26.8 Å². The highest BCUT2D eigenvalue weighted by Crippen LogP contribution is 2.31. The number of primary sulfonamides is 1. The molecular weight excluding hydrogens is 302 g/mol. The molecule has 0 aliphatic carbocycles. The highest BCUT2D eigenvalue weighted by Gasteiger charge is 2.29. The van der Waals surface area contributed by atoms with Crippen molar-refractivity contribution in [2.75, 3.05) is 0 Å². The van der Waals surface area contributed by atoms with Crippen LogP contribution in [0, 0.1) is 0 Å². The number of aromatic nitrogens is 4. The first kappa shape index (κ1) is 14.9. The molecule has 0 atom stereocenters. The summed E-state index contributed by atoms with van der Waals surface area (Å²) < 4.78 is 24.7. The van der Waals surface area contributed by atoms with Crippen LogP contribution in [0.15, 0.2) is 23.6 Å². The number of nitrogens with two attached hydrogens (primary N) is 1. The van der Waals surface area contributed by atoms with E-state index in [4.69, 9.17) is 16.7 Å². The number of hydrogen-bond acceptors (Lipinski definition) is 5. The maximum absolute atomic E-state index is 11.6. The summed E-state index contributed by atoms with van der Waals surface area (Å²) in [5, 5.41) is 12.9. The Hall–Kier alpha value is -1.51. The smallest absolute Gasteiger partial charge is 0.273 e. The Kier molecular flexibility index (Phi) is 3.57. The Morgan fingerprint density at radius 1 is 1.30 bits per heavy atom. The van der Waals surface area contributed by atoms with Gasteiger partial charge in [-0.25, -0.2) is 13.6 Å². The predicted octanol–water partition coefficient (Wildman–Crippen LogP) is 1.40. The quantitative estimate of drug-likeness (QED) is 0.902. The lowest BCUT2D eigenvalue weighted by Crippen LogP contribution is -2.29. The van der Waals surface area contributed by atoms with Crippen LogP contribution in [0.25, 0.3) is 11.4 Å². The molecule has 7 nitrogen and oxygen atoms in total. The van der Waals surface area contributed by atoms with Crippen LogP contribution in [0.5, 0.6) is 0 Å². The molecule has 2 heterocycles. The molecule has 2 aromatic heterocycles. The maximum atomic E-state index is 11.6. The Labute approximate surface area is 121 Å². The Morgan fingerprint density at radius 3 is 2.45 bits per heavy atom. The molecule has 20 heavy (non-hydrogen) atoms. The highest BCUT2D eigenvalue weighted by atomic mass is 35.5. The lowest BCUT2D eigenvalue weighted by atomic mass is 10.1. The van der Waals surface area contributed by atoms with E-state index in [0.29, 0.717) is 16.4 Å². The van der Waals surface area contributed by atoms with Gasteiger partial charge in [-0.3, -0.25) is 9.55 Å². The van der Waals surface area contributed by atoms with E-state index >= 15 is 0 Å². The predicted molar refractivity (Wildman–Crippen MR) is 74.6 cm³/mol. The van der Waals surface area contributed by atoms with Gasteiger partial charge < -0.3 is 0 Å². The average Bonchev–Trinajstić information content (AvgIpc) is 2.73. The molecule has 0 spiro atoms. The number of halogens is 1. The average molecular weight is 316 g/mol. The molecule has 0 fully saturated rings. The molecule has 0 amide bonds. The van der Waals surface area contributed by atoms with Gasteiger partial charge in [-0.2, -0.15) is 0 Å². The second-order valence-electron chi connectivity index (χ2n) is 5.21. The first-order chi connectivity index (χ1) is 9.12. The van der Waals surface area contributed by atoms with Gasteiger partial charge in [0.05, 0.1) is 5.02 Å². The second-order valence-corrected chi connectivity index (χ2v) is 7.08. The zero-order chi connectivity index (χ0) is 15.1. The van der Waals surface area contributed by atoms with Crippen molar-refractivity contribution in [2.45, 2.75) is 31.5 Å². The van der Waals surface area contributed by atoms with Crippen LogP contribution in [-0.2, 0) is 15.6 Å². The third-order valence-corrected chi connectivity index (χ3v) is 3.65. The summed E-state index contributed by atoms with van der Waals surface area (Å²) in [5.41, 5.74) is -0.0493. The van der Waals surface area contributed by atoms with Gasteiger partial charge >= 0.3 is 0 Å². The van der Waals surface area contributed by atoms with E-state index in [1.807, 2.05) is 20.8 Å². The fourth-order valence-corrected chi connectivity index (χ4v) is 2.76. The summed E-state index contributed by atoms with van der Waals surface area (Å²) in [6.45, 7) is 5.47. The molecule has 2 aromatic rings. The van der Waals surface area contributed by atoms with Crippen molar-refractivity contribution in [3.05, 3.63) is 23.5 Å². The van der Waals surface area contributed by atoms with Gasteiger partial charge in [0, 0.05) is 23.5 Å². The fourth-order valence-electron chi connectivity index (χ4n) is 1.79. The van der Waals surface area contributed by atoms with Crippen molar-refractivity contribution in [3.63, 3.8) is 0 Å². The zero-order valence-electron chi connectivity index (χ0n) is 11.2. The molecule has 0 aliphatic heterocycles. The Bertz CT molecular complexity index is 748. The van der Waals surface area contributed by atoms with E-state index in [9.17, 15) is 8.42 Å². The largest absolute Gasteiger partial charge is 0.291 e. The van der Waals surface area contributed by atoms with Crippen LogP contribution in [-0.4, -0.2) is 28.2 Å². The SMILES string of the molecule is CC(C)(C)n1c(-c2ccncc2Cl)nnc1S(N)(=O)=O. The van der Waals surface area contributed by atoms with Crippen LogP contribution in [0.3, 0.4) is 0 Å². The molecule has 108 valence electrons. The molecule has 0 saturated heterocycles. The third kappa shape index (κ3) is 2.67. The molecule has 0 aliphatic rings. The molecular formula is C11H14ClN5O2S. The van der Waals surface area contributed by atoms with Gasteiger partial charge in [0.2, 0.25) is 0 Å². The molecule has 0 saturated carbocycles. The van der Waals surface area contributed by atoms with E-state index in [2.05, 4.69) is 15.2 Å². The number of hydrogen-bond donors (Lipinski definition) is 1. The van der Waals surface area contributed by atoms with E-state index in [0.717, 1.165) is 0 Å². The van der Waals surface area contributed by atoms with E-state index < -0.39 is 15.6 Å². The Morgan fingerprint density at radius 2 is 1.95 bits per heavy atom. The van der Waals surface area contributed by atoms with E-state index in [1.165, 1.54) is 10.8 Å². The molecule has 0 radical (unpaired) electrons. The van der Waals surface area contributed by atoms with Gasteiger partial charge in [0.1, 0.15) is 0 Å². The standard InChI is InChI=1S/C11H14ClN5O2S/c1-11(2,3)17-9(7-4-5-14-6-8(7)12)15-16-10(17)20(13,18)19/h4-6H,1-3H3,(H2,13,18,19). The molecule has 0 aromatic carbocycles. The second kappa shape index (κ2) is 4.80. The van der Waals surface area contributed by atoms with Gasteiger partial charge in [-0.15, -0.1) is 10.2 Å². The normalized spacial score (nSPS) is 12.7. The van der Waals surface area contributed by atoms with E-state index in [1.54, 1.807) is 12.3 Å². The lowest BCUT2D eigenvalue weighted by molar-refractivity contribution is 0.366. The van der Waals surface area contributed by atoms with Crippen LogP contribution >= 0.6 is 11.6 Å². The first-order valence-electron chi connectivity index (χ1n) is 5.71. The summed E-state index contributed by atoms with van der Waals surface area (Å²) in [6.07, 6.45) is 2.99. The lowest BCUT2D eigenvalue weighted by Gasteiger charge is -2.24. The highest BCUT2D eigenvalue weighted by molar-refractivity contribution is 7.89. The fraction of sp³-hybridized carbons (Fsp3) is 0.364. The van der Waals surface area contributed by atoms with Crippen LogP contribution < -0.4 is 5.14 Å². The van der Waals surface area contributed by atoms with Crippen LogP contribution in [0.2, 0.25) is 5.02 Å². The summed E-state index contributed by atoms with van der Waals surface area (Å²) in [5.74, 6) is 0.328. The van der Waals surface area contributed by atoms with Crippen molar-refractivity contribution < 1.29 is 8.42 Å². The van der Waals surface area contributed by atoms with E-state index in [-0.39, 0.29) is 5.16 Å². The number of pyridine rings is 1. The van der Waals surface area contributed by atoms with Crippen LogP contribution in [0.4, 0.5) is 0 Å². The molecule has 0 unspecified atom stereocenters. The van der Waals surface area contributed by atoms with Crippen molar-refractivity contribution in [1.29, 1.82) is 0 Å². The summed E-state index contributed by atoms with van der Waals surface area (Å²) in [4.78, 5) is 3.89. The topological polar surface area (TPSA) is 104 Å². The van der Waals surface area contributed by atoms with Gasteiger partial charge in [0.25, 0.3) is 15.2 Å². The summed E-state index contributed by atoms with van der Waals surface area (Å²) >= 11 is 6.08. The minimum absolute atomic E-state index is 0.298. The minimum atomic E-state index is -3.99. The summed E-state index contributed by atoms with van der Waals surface area (Å²) in [6, 6.07) is 1.64. The summed E-state index contributed by atoms with van der Waals surface area (Å²) in [7, 11) is -3.99. The zero-order valence-corrected chi connectivity index (χ0v) is 12.8. The van der Waals surface area contributed by atoms with Crippen molar-refractivity contribution in [3.8, 4) is 11.4 Å². The van der Waals surface area contributed by atoms with Crippen molar-refractivity contribution in [1.82, 2.24) is 19.7 Å². The maximum Gasteiger partial charge on any atom is 0.273 e. The Balaban J connectivity index is 2.81. The van der Waals surface area contributed by atoms with Crippen molar-refractivity contribution in [2.24, 2.45) is 5.14 Å². The minimum Gasteiger partial charge on any atom is -0.291 e. The van der Waals surface area contributed by atoms with Crippen LogP contribution in [0.1, 0.15) is 20.8 Å². The van der Waals surface area contributed by atoms with Gasteiger partial charge in [0.15, 0.2) is 5.82 Å². The number of rotatable bonds is 2. The molecule has 0 bridgehead atoms. The van der Waals surface area contributed by atoms with Gasteiger partial charge in [-0.1, -0.05) is 11.6 Å².